The van der Waals surface area contributed by atoms with Crippen LogP contribution < -0.4 is 0 Å². The van der Waals surface area contributed by atoms with Gasteiger partial charge in [-0.05, 0) is 23.3 Å². The van der Waals surface area contributed by atoms with Gasteiger partial charge < -0.3 is 9.84 Å². The smallest absolute Gasteiger partial charge is 0.171 e. The molecule has 1 unspecified atom stereocenters. The highest BCUT2D eigenvalue weighted by Crippen LogP contribution is 2.34. The third-order valence-corrected chi connectivity index (χ3v) is 3.70. The topological polar surface area (TPSA) is 29.5 Å². The summed E-state index contributed by atoms with van der Waals surface area (Å²) in [7, 11) is 0. The van der Waals surface area contributed by atoms with Gasteiger partial charge in [-0.3, -0.25) is 0 Å². The van der Waals surface area contributed by atoms with Crippen molar-refractivity contribution in [3.8, 4) is 0 Å². The third kappa shape index (κ3) is 4.34. The fourth-order valence-electron chi connectivity index (χ4n) is 2.27. The highest BCUT2D eigenvalue weighted by atomic mass is 127. The van der Waals surface area contributed by atoms with Crippen LogP contribution in [0.3, 0.4) is 0 Å². The van der Waals surface area contributed by atoms with Gasteiger partial charge in [0.2, 0.25) is 0 Å². The highest BCUT2D eigenvalue weighted by Gasteiger charge is 2.37. The number of hydrogen-bond acceptors (Lipinski definition) is 2. The first-order chi connectivity index (χ1) is 7.73. The molecule has 0 aromatic heterocycles. The fraction of sp³-hybridized carbons (Fsp3) is 0.846. The van der Waals surface area contributed by atoms with Gasteiger partial charge in [-0.2, -0.15) is 0 Å². The molecule has 16 heavy (non-hydrogen) atoms. The fourth-order valence-corrected chi connectivity index (χ4v) is 2.77. The van der Waals surface area contributed by atoms with E-state index < -0.39 is 5.79 Å². The number of rotatable bonds is 6. The van der Waals surface area contributed by atoms with Crippen molar-refractivity contribution in [2.24, 2.45) is 5.92 Å². The van der Waals surface area contributed by atoms with Gasteiger partial charge in [-0.25, -0.2) is 0 Å². The second-order valence-corrected chi connectivity index (χ2v) is 5.29. The summed E-state index contributed by atoms with van der Waals surface area (Å²) in [6.45, 7) is 2.91. The van der Waals surface area contributed by atoms with Crippen molar-refractivity contribution in [2.75, 3.05) is 6.61 Å². The summed E-state index contributed by atoms with van der Waals surface area (Å²) < 4.78 is 7.62. The van der Waals surface area contributed by atoms with Crippen LogP contribution in [0.4, 0.5) is 0 Å². The molecule has 1 N–H and O–H groups in total. The summed E-state index contributed by atoms with van der Waals surface area (Å²) in [6.07, 6.45) is 9.71. The molecule has 1 aliphatic rings. The Morgan fingerprint density at radius 3 is 2.81 bits per heavy atom. The van der Waals surface area contributed by atoms with E-state index in [2.05, 4.69) is 35.6 Å². The molecule has 1 aliphatic heterocycles. The molecular weight excluding hydrogens is 315 g/mol. The van der Waals surface area contributed by atoms with Crippen LogP contribution in [0.25, 0.3) is 0 Å². The first-order valence-corrected chi connectivity index (χ1v) is 7.60. The summed E-state index contributed by atoms with van der Waals surface area (Å²) in [5.41, 5.74) is 0. The average Bonchev–Trinajstić information content (AvgIpc) is 2.29. The zero-order chi connectivity index (χ0) is 11.9. The van der Waals surface area contributed by atoms with Crippen molar-refractivity contribution in [2.45, 2.75) is 57.7 Å². The Morgan fingerprint density at radius 1 is 1.44 bits per heavy atom. The average molecular weight is 338 g/mol. The van der Waals surface area contributed by atoms with Gasteiger partial charge in [0.1, 0.15) is 0 Å². The van der Waals surface area contributed by atoms with Crippen molar-refractivity contribution >= 4 is 22.6 Å². The van der Waals surface area contributed by atoms with Crippen molar-refractivity contribution in [1.82, 2.24) is 0 Å². The Labute approximate surface area is 113 Å². The van der Waals surface area contributed by atoms with Crippen LogP contribution in [-0.2, 0) is 4.74 Å². The Hall–Kier alpha value is 0.390. The van der Waals surface area contributed by atoms with Crippen molar-refractivity contribution < 1.29 is 9.84 Å². The van der Waals surface area contributed by atoms with Crippen molar-refractivity contribution in [1.29, 1.82) is 0 Å². The summed E-state index contributed by atoms with van der Waals surface area (Å²) >= 11 is 2.22. The highest BCUT2D eigenvalue weighted by molar-refractivity contribution is 14.1. The maximum atomic E-state index is 10.5. The Bertz CT molecular complexity index is 210. The Kier molecular flexibility index (Phi) is 6.92. The van der Waals surface area contributed by atoms with Gasteiger partial charge in [0.15, 0.2) is 5.79 Å². The third-order valence-electron chi connectivity index (χ3n) is 3.28. The number of aliphatic hydroxyl groups is 1. The van der Waals surface area contributed by atoms with Crippen LogP contribution in [0.5, 0.6) is 0 Å². The lowest BCUT2D eigenvalue weighted by Crippen LogP contribution is -2.42. The van der Waals surface area contributed by atoms with Crippen LogP contribution >= 0.6 is 22.6 Å². The van der Waals surface area contributed by atoms with E-state index in [1.54, 1.807) is 0 Å². The van der Waals surface area contributed by atoms with E-state index in [9.17, 15) is 5.11 Å². The number of halogens is 1. The minimum atomic E-state index is -0.895. The zero-order valence-corrected chi connectivity index (χ0v) is 12.3. The molecule has 0 spiro atoms. The largest absolute Gasteiger partial charge is 0.365 e. The molecule has 1 fully saturated rings. The molecule has 0 aromatic carbocycles. The summed E-state index contributed by atoms with van der Waals surface area (Å²) in [6, 6.07) is 0. The van der Waals surface area contributed by atoms with Crippen LogP contribution in [0.1, 0.15) is 51.9 Å². The summed E-state index contributed by atoms with van der Waals surface area (Å²) in [4.78, 5) is 0. The minimum absolute atomic E-state index is 0.163. The Morgan fingerprint density at radius 2 is 2.25 bits per heavy atom. The van der Waals surface area contributed by atoms with Gasteiger partial charge in [-0.15, -0.1) is 0 Å². The SMILES string of the molecule is CCCCCC(/C=C\I)[C@@]1(O)CCCCO1. The summed E-state index contributed by atoms with van der Waals surface area (Å²) in [5, 5.41) is 10.5. The number of ether oxygens (including phenoxy) is 1. The van der Waals surface area contributed by atoms with Gasteiger partial charge in [0.05, 0.1) is 6.61 Å². The van der Waals surface area contributed by atoms with E-state index in [4.69, 9.17) is 4.74 Å². The number of hydrogen-bond donors (Lipinski definition) is 1. The van der Waals surface area contributed by atoms with Gasteiger partial charge >= 0.3 is 0 Å². The first kappa shape index (κ1) is 14.5. The molecule has 0 saturated carbocycles. The molecule has 0 aromatic rings. The zero-order valence-electron chi connectivity index (χ0n) is 10.1. The molecule has 1 saturated heterocycles. The molecule has 94 valence electrons. The molecule has 2 nitrogen and oxygen atoms in total. The standard InChI is InChI=1S/C13H23IO2/c1-2-3-4-7-12(8-10-14)13(15)9-5-6-11-16-13/h8,10,12,15H,2-7,9,11H2,1H3/b10-8-/t12?,13-/m1/s1. The van der Waals surface area contributed by atoms with E-state index in [-0.39, 0.29) is 5.92 Å². The van der Waals surface area contributed by atoms with Gasteiger partial charge in [0, 0.05) is 12.3 Å². The van der Waals surface area contributed by atoms with Crippen LogP contribution in [0.15, 0.2) is 10.2 Å². The Balaban J connectivity index is 2.52. The quantitative estimate of drug-likeness (QED) is 0.585. The van der Waals surface area contributed by atoms with Crippen LogP contribution in [0.2, 0.25) is 0 Å². The van der Waals surface area contributed by atoms with E-state index in [1.165, 1.54) is 19.3 Å². The van der Waals surface area contributed by atoms with Crippen molar-refractivity contribution in [3.63, 3.8) is 0 Å². The molecule has 1 rings (SSSR count). The molecule has 0 bridgehead atoms. The maximum Gasteiger partial charge on any atom is 0.171 e. The lowest BCUT2D eigenvalue weighted by atomic mass is 9.87. The van der Waals surface area contributed by atoms with Gasteiger partial charge in [0.25, 0.3) is 0 Å². The molecule has 0 amide bonds. The second-order valence-electron chi connectivity index (χ2n) is 4.57. The van der Waals surface area contributed by atoms with E-state index >= 15 is 0 Å². The lowest BCUT2D eigenvalue weighted by Gasteiger charge is -2.37. The molecule has 3 heteroatoms. The van der Waals surface area contributed by atoms with E-state index in [0.717, 1.165) is 25.7 Å². The van der Waals surface area contributed by atoms with Crippen LogP contribution in [-0.4, -0.2) is 17.5 Å². The first-order valence-electron chi connectivity index (χ1n) is 6.36. The predicted octanol–water partition coefficient (Wildman–Crippen LogP) is 4.02. The van der Waals surface area contributed by atoms with E-state index in [1.807, 2.05) is 4.08 Å². The maximum absolute atomic E-state index is 10.5. The lowest BCUT2D eigenvalue weighted by molar-refractivity contribution is -0.248. The predicted molar refractivity (Wildman–Crippen MR) is 75.5 cm³/mol. The molecule has 2 atom stereocenters. The molecule has 1 heterocycles. The second kappa shape index (κ2) is 7.67. The normalized spacial score (nSPS) is 28.4. The van der Waals surface area contributed by atoms with Crippen molar-refractivity contribution in [3.05, 3.63) is 10.2 Å². The molecule has 0 aliphatic carbocycles. The summed E-state index contributed by atoms with van der Waals surface area (Å²) in [5.74, 6) is -0.732. The monoisotopic (exact) mass is 338 g/mol. The van der Waals surface area contributed by atoms with E-state index in [0.29, 0.717) is 6.61 Å². The number of unbranched alkanes of at least 4 members (excludes halogenated alkanes) is 2. The minimum Gasteiger partial charge on any atom is -0.365 e. The van der Waals surface area contributed by atoms with Crippen LogP contribution in [0, 0.1) is 5.92 Å². The molecule has 0 radical (unpaired) electrons. The molecular formula is C13H23IO2. The van der Waals surface area contributed by atoms with Gasteiger partial charge in [-0.1, -0.05) is 54.9 Å².